The normalized spacial score (nSPS) is 29.1. The van der Waals surface area contributed by atoms with E-state index in [9.17, 15) is 13.9 Å². The quantitative estimate of drug-likeness (QED) is 0.350. The molecule has 9 rings (SSSR count). The number of anilines is 1. The average Bonchev–Trinajstić information content (AvgIpc) is 3.64. The second kappa shape index (κ2) is 9.55. The number of hydrogen-bond acceptors (Lipinski definition) is 9. The van der Waals surface area contributed by atoms with Gasteiger partial charge in [-0.05, 0) is 67.3 Å². The van der Waals surface area contributed by atoms with Gasteiger partial charge in [0.25, 0.3) is 0 Å². The van der Waals surface area contributed by atoms with Crippen LogP contribution in [0, 0.1) is 11.6 Å². The maximum atomic E-state index is 16.8. The minimum atomic E-state index is -0.911. The number of nitrogens with zero attached hydrogens (tertiary/aromatic N) is 5. The maximum Gasteiger partial charge on any atom is 0.319 e. The van der Waals surface area contributed by atoms with E-state index in [2.05, 4.69) is 25.1 Å². The van der Waals surface area contributed by atoms with Crippen LogP contribution in [0.2, 0.25) is 0 Å². The molecule has 9 nitrogen and oxygen atoms in total. The molecule has 0 aliphatic carbocycles. The number of aromatic hydroxyl groups is 1. The Hall–Kier alpha value is -3.90. The topological polar surface area (TPSA) is 95.9 Å². The van der Waals surface area contributed by atoms with Gasteiger partial charge in [-0.25, -0.2) is 18.2 Å². The molecule has 0 spiro atoms. The fourth-order valence-corrected chi connectivity index (χ4v) is 8.32. The predicted molar refractivity (Wildman–Crippen MR) is 157 cm³/mol. The molecule has 2 aromatic carbocycles. The highest BCUT2D eigenvalue weighted by atomic mass is 19.1. The van der Waals surface area contributed by atoms with Crippen LogP contribution >= 0.6 is 0 Å². The molecule has 7 heterocycles. The highest BCUT2D eigenvalue weighted by Gasteiger charge is 2.50. The molecule has 0 radical (unpaired) electrons. The molecule has 2 aromatic heterocycles. The van der Waals surface area contributed by atoms with E-state index >= 15 is 4.39 Å². The van der Waals surface area contributed by atoms with Gasteiger partial charge < -0.3 is 24.8 Å². The Balaban J connectivity index is 1.23. The molecule has 4 fully saturated rings. The molecular weight excluding hydrogens is 573 g/mol. The lowest BCUT2D eigenvalue weighted by atomic mass is 9.95. The summed E-state index contributed by atoms with van der Waals surface area (Å²) in [6.07, 6.45) is 3.27. The van der Waals surface area contributed by atoms with Gasteiger partial charge in [-0.2, -0.15) is 9.97 Å². The summed E-state index contributed by atoms with van der Waals surface area (Å²) in [5.74, 6) is -0.683. The van der Waals surface area contributed by atoms with Gasteiger partial charge in [0.2, 0.25) is 5.88 Å². The molecule has 5 aliphatic rings. The Morgan fingerprint density at radius 1 is 1.11 bits per heavy atom. The van der Waals surface area contributed by atoms with Crippen molar-refractivity contribution in [3.05, 3.63) is 42.0 Å². The van der Waals surface area contributed by atoms with E-state index in [1.807, 2.05) is 0 Å². The lowest BCUT2D eigenvalue weighted by Crippen LogP contribution is -2.60. The standard InChI is InChI=1S/C32H31F3N6O3/c33-17-3-2-16-8-20(42)10-22(21(16)9-17)27-26(35)28-25-29(41-13-19-4-5-23(36-19)24(41)14-43-30(25)37-27)39-31(38-28)44-15-32-6-1-7-40(32)12-18(34)11-32/h2-3,8-10,18-19,23-24,36,42H,1,4-7,11-15H2/t18-,19+,23-,24?,32+/m1/s1. The van der Waals surface area contributed by atoms with Crippen LogP contribution in [0.5, 0.6) is 17.6 Å². The second-order valence-electron chi connectivity index (χ2n) is 12.9. The number of hydrogen-bond donors (Lipinski definition) is 2. The first kappa shape index (κ1) is 26.5. The third-order valence-corrected chi connectivity index (χ3v) is 10.3. The van der Waals surface area contributed by atoms with Gasteiger partial charge in [0, 0.05) is 37.2 Å². The first-order valence-electron chi connectivity index (χ1n) is 15.4. The smallest absolute Gasteiger partial charge is 0.319 e. The lowest BCUT2D eigenvalue weighted by molar-refractivity contribution is 0.107. The summed E-state index contributed by atoms with van der Waals surface area (Å²) in [7, 11) is 0. The van der Waals surface area contributed by atoms with Crippen LogP contribution in [-0.2, 0) is 0 Å². The van der Waals surface area contributed by atoms with E-state index in [0.29, 0.717) is 48.1 Å². The Bertz CT molecular complexity index is 1840. The van der Waals surface area contributed by atoms with Crippen LogP contribution in [-0.4, -0.2) is 87.6 Å². The fourth-order valence-electron chi connectivity index (χ4n) is 8.32. The van der Waals surface area contributed by atoms with Crippen molar-refractivity contribution in [3.8, 4) is 28.9 Å². The van der Waals surface area contributed by atoms with Crippen molar-refractivity contribution in [1.29, 1.82) is 0 Å². The molecule has 0 saturated carbocycles. The van der Waals surface area contributed by atoms with Gasteiger partial charge >= 0.3 is 6.01 Å². The first-order valence-corrected chi connectivity index (χ1v) is 15.4. The van der Waals surface area contributed by atoms with Crippen molar-refractivity contribution in [2.24, 2.45) is 0 Å². The van der Waals surface area contributed by atoms with Crippen molar-refractivity contribution in [2.45, 2.75) is 61.9 Å². The minimum Gasteiger partial charge on any atom is -0.508 e. The number of pyridine rings is 1. The molecule has 44 heavy (non-hydrogen) atoms. The molecule has 4 aromatic rings. The summed E-state index contributed by atoms with van der Waals surface area (Å²) in [5, 5.41) is 15.5. The van der Waals surface area contributed by atoms with Crippen molar-refractivity contribution < 1.29 is 27.8 Å². The predicted octanol–water partition coefficient (Wildman–Crippen LogP) is 4.49. The molecule has 228 valence electrons. The van der Waals surface area contributed by atoms with Gasteiger partial charge in [-0.15, -0.1) is 0 Å². The number of piperazine rings is 1. The summed E-state index contributed by atoms with van der Waals surface area (Å²) in [6, 6.07) is 7.35. The second-order valence-corrected chi connectivity index (χ2v) is 12.9. The van der Waals surface area contributed by atoms with Crippen molar-refractivity contribution >= 4 is 27.5 Å². The van der Waals surface area contributed by atoms with Crippen LogP contribution in [0.25, 0.3) is 32.9 Å². The molecule has 2 N–H and O–H groups in total. The summed E-state index contributed by atoms with van der Waals surface area (Å²) in [6.45, 7) is 2.38. The van der Waals surface area contributed by atoms with Crippen LogP contribution in [0.3, 0.4) is 0 Å². The molecule has 5 atom stereocenters. The Labute approximate surface area is 251 Å². The molecule has 2 bridgehead atoms. The lowest BCUT2D eigenvalue weighted by Gasteiger charge is -2.40. The highest BCUT2D eigenvalue weighted by molar-refractivity contribution is 6.02. The van der Waals surface area contributed by atoms with E-state index < -0.39 is 23.3 Å². The number of alkyl halides is 1. The number of phenolic OH excluding ortho intramolecular Hbond substituents is 1. The molecule has 5 aliphatic heterocycles. The van der Waals surface area contributed by atoms with Crippen LogP contribution in [0.15, 0.2) is 30.3 Å². The van der Waals surface area contributed by atoms with Gasteiger partial charge in [0.15, 0.2) is 5.82 Å². The monoisotopic (exact) mass is 604 g/mol. The van der Waals surface area contributed by atoms with E-state index in [0.717, 1.165) is 32.2 Å². The number of rotatable bonds is 4. The zero-order valence-electron chi connectivity index (χ0n) is 23.9. The third kappa shape index (κ3) is 3.96. The van der Waals surface area contributed by atoms with E-state index in [1.54, 1.807) is 0 Å². The molecule has 12 heteroatoms. The Morgan fingerprint density at radius 3 is 2.93 bits per heavy atom. The largest absolute Gasteiger partial charge is 0.508 e. The summed E-state index contributed by atoms with van der Waals surface area (Å²) in [4.78, 5) is 18.4. The van der Waals surface area contributed by atoms with Gasteiger partial charge in [-0.1, -0.05) is 6.07 Å². The molecule has 4 saturated heterocycles. The number of phenols is 1. The fraction of sp³-hybridized carbons (Fsp3) is 0.469. The molecular formula is C32H31F3N6O3. The van der Waals surface area contributed by atoms with E-state index in [-0.39, 0.29) is 59.1 Å². The SMILES string of the molecule is Oc1cc(-c2nc3c4c(nc(OC[C@@]56CCCN5C[C@H](F)C6)nc4c2F)N2C[C@@H]4CC[C@@H](N4)C2CO3)c2cc(F)ccc2c1. The number of benzene rings is 2. The Kier molecular flexibility index (Phi) is 5.75. The van der Waals surface area contributed by atoms with Gasteiger partial charge in [0.1, 0.15) is 53.4 Å². The number of fused-ring (bicyclic) bond motifs is 7. The van der Waals surface area contributed by atoms with Crippen molar-refractivity contribution in [1.82, 2.24) is 25.2 Å². The minimum absolute atomic E-state index is 0.0105. The molecule has 1 unspecified atom stereocenters. The summed E-state index contributed by atoms with van der Waals surface area (Å²) >= 11 is 0. The van der Waals surface area contributed by atoms with E-state index in [4.69, 9.17) is 14.5 Å². The summed E-state index contributed by atoms with van der Waals surface area (Å²) in [5.41, 5.74) is -0.362. The highest BCUT2D eigenvalue weighted by Crippen LogP contribution is 2.45. The molecule has 0 amide bonds. The number of halogens is 3. The van der Waals surface area contributed by atoms with Crippen molar-refractivity contribution in [3.63, 3.8) is 0 Å². The van der Waals surface area contributed by atoms with Crippen LogP contribution in [0.1, 0.15) is 32.1 Å². The van der Waals surface area contributed by atoms with Gasteiger partial charge in [0.05, 0.1) is 11.6 Å². The van der Waals surface area contributed by atoms with E-state index in [1.165, 1.54) is 30.3 Å². The first-order chi connectivity index (χ1) is 21.3. The van der Waals surface area contributed by atoms with Gasteiger partial charge in [-0.3, -0.25) is 4.90 Å². The van der Waals surface area contributed by atoms with Crippen LogP contribution in [0.4, 0.5) is 19.0 Å². The number of ether oxygens (including phenoxy) is 2. The maximum absolute atomic E-state index is 16.8. The number of nitrogens with one attached hydrogen (secondary N) is 1. The summed E-state index contributed by atoms with van der Waals surface area (Å²) < 4.78 is 58.3. The number of aromatic nitrogens is 3. The van der Waals surface area contributed by atoms with Crippen molar-refractivity contribution in [2.75, 3.05) is 37.7 Å². The Morgan fingerprint density at radius 2 is 2.02 bits per heavy atom. The average molecular weight is 605 g/mol. The third-order valence-electron chi connectivity index (χ3n) is 10.3. The zero-order valence-corrected chi connectivity index (χ0v) is 23.9. The zero-order chi connectivity index (χ0) is 29.7. The van der Waals surface area contributed by atoms with Crippen LogP contribution < -0.4 is 19.7 Å².